The minimum Gasteiger partial charge on any atom is -0.481 e. The molecule has 1 unspecified atom stereocenters. The zero-order valence-electron chi connectivity index (χ0n) is 20.1. The van der Waals surface area contributed by atoms with Crippen LogP contribution in [0.25, 0.3) is 11.5 Å². The number of aromatic nitrogens is 2. The van der Waals surface area contributed by atoms with Gasteiger partial charge in [0.25, 0.3) is 0 Å². The van der Waals surface area contributed by atoms with E-state index in [0.29, 0.717) is 33.8 Å². The van der Waals surface area contributed by atoms with Crippen LogP contribution in [0.15, 0.2) is 33.3 Å². The first-order valence-electron chi connectivity index (χ1n) is 11.9. The molecule has 2 aromatic heterocycles. The normalized spacial score (nSPS) is 14.3. The van der Waals surface area contributed by atoms with E-state index in [1.165, 1.54) is 0 Å². The number of aryl methyl sites for hydroxylation is 1. The van der Waals surface area contributed by atoms with Crippen LogP contribution in [0.1, 0.15) is 80.4 Å². The van der Waals surface area contributed by atoms with E-state index in [-0.39, 0.29) is 31.1 Å². The molecular weight excluding hydrogens is 470 g/mol. The van der Waals surface area contributed by atoms with Crippen molar-refractivity contribution in [3.63, 3.8) is 0 Å². The third kappa shape index (κ3) is 6.31. The minimum atomic E-state index is -0.927. The highest BCUT2D eigenvalue weighted by Crippen LogP contribution is 2.48. The summed E-state index contributed by atoms with van der Waals surface area (Å²) in [6, 6.07) is 7.27. The van der Waals surface area contributed by atoms with Crippen molar-refractivity contribution in [1.82, 2.24) is 10.3 Å². The van der Waals surface area contributed by atoms with Crippen LogP contribution in [0, 0.1) is 12.8 Å². The van der Waals surface area contributed by atoms with Crippen LogP contribution >= 0.6 is 11.6 Å². The van der Waals surface area contributed by atoms with Crippen molar-refractivity contribution in [2.45, 2.75) is 71.1 Å². The summed E-state index contributed by atoms with van der Waals surface area (Å²) in [7, 11) is 0. The van der Waals surface area contributed by atoms with Gasteiger partial charge < -0.3 is 19.5 Å². The third-order valence-electron chi connectivity index (χ3n) is 6.07. The Labute approximate surface area is 209 Å². The third-order valence-corrected chi connectivity index (χ3v) is 6.38. The second kappa shape index (κ2) is 10.6. The molecule has 4 rings (SSSR count). The van der Waals surface area contributed by atoms with Crippen molar-refractivity contribution in [1.29, 1.82) is 0 Å². The largest absolute Gasteiger partial charge is 0.481 e. The zero-order chi connectivity index (χ0) is 25.1. The lowest BCUT2D eigenvalue weighted by molar-refractivity contribution is -0.137. The number of rotatable bonds is 11. The van der Waals surface area contributed by atoms with Crippen LogP contribution in [0.2, 0.25) is 5.02 Å². The molecule has 1 atom stereocenters. The lowest BCUT2D eigenvalue weighted by Crippen LogP contribution is -2.17. The van der Waals surface area contributed by atoms with E-state index in [9.17, 15) is 14.7 Å². The Morgan fingerprint density at radius 1 is 1.20 bits per heavy atom. The summed E-state index contributed by atoms with van der Waals surface area (Å²) >= 11 is 6.27. The number of hydrogen-bond acceptors (Lipinski definition) is 6. The SMILES string of the molecule is Cc1ccc(NC(=O)CC(CCC(=O)O)c2noc(-c3cc(CC(C)C)on3)c2C2CC2)c(Cl)c1. The van der Waals surface area contributed by atoms with Crippen LogP contribution in [-0.4, -0.2) is 27.3 Å². The molecule has 1 aliphatic rings. The summed E-state index contributed by atoms with van der Waals surface area (Å²) in [5.41, 5.74) is 3.62. The smallest absolute Gasteiger partial charge is 0.303 e. The lowest BCUT2D eigenvalue weighted by Gasteiger charge is -2.16. The van der Waals surface area contributed by atoms with Gasteiger partial charge in [-0.15, -0.1) is 0 Å². The average molecular weight is 500 g/mol. The predicted octanol–water partition coefficient (Wildman–Crippen LogP) is 6.34. The van der Waals surface area contributed by atoms with E-state index in [1.807, 2.05) is 19.1 Å². The van der Waals surface area contributed by atoms with Gasteiger partial charge in [0.15, 0.2) is 11.5 Å². The van der Waals surface area contributed by atoms with Gasteiger partial charge in [-0.05, 0) is 55.7 Å². The molecule has 1 saturated carbocycles. The molecule has 186 valence electrons. The number of amides is 1. The van der Waals surface area contributed by atoms with Crippen molar-refractivity contribution in [2.24, 2.45) is 5.92 Å². The number of hydrogen-bond donors (Lipinski definition) is 2. The van der Waals surface area contributed by atoms with E-state index in [1.54, 1.807) is 12.1 Å². The number of carbonyl (C=O) groups excluding carboxylic acids is 1. The standard InChI is InChI=1S/C26H30ClN3O5/c1-14(2)10-18-13-21(29-34-18)26-24(16-5-6-16)25(30-35-26)17(7-9-23(32)33)12-22(31)28-20-8-4-15(3)11-19(20)27/h4,8,11,13-14,16-17H,5-7,9-10,12H2,1-3H3,(H,28,31)(H,32,33). The molecule has 9 heteroatoms. The van der Waals surface area contributed by atoms with Crippen LogP contribution < -0.4 is 5.32 Å². The minimum absolute atomic E-state index is 0.0561. The van der Waals surface area contributed by atoms with Gasteiger partial charge in [-0.2, -0.15) is 0 Å². The second-order valence-electron chi connectivity index (χ2n) is 9.73. The number of aliphatic carboxylic acids is 1. The molecule has 8 nitrogen and oxygen atoms in total. The van der Waals surface area contributed by atoms with Gasteiger partial charge in [0, 0.05) is 36.8 Å². The van der Waals surface area contributed by atoms with Gasteiger partial charge in [0.1, 0.15) is 5.76 Å². The molecule has 0 spiro atoms. The maximum absolute atomic E-state index is 13.0. The zero-order valence-corrected chi connectivity index (χ0v) is 20.9. The van der Waals surface area contributed by atoms with Crippen LogP contribution in [0.3, 0.4) is 0 Å². The van der Waals surface area contributed by atoms with Gasteiger partial charge in [-0.25, -0.2) is 0 Å². The van der Waals surface area contributed by atoms with Crippen molar-refractivity contribution in [3.8, 4) is 11.5 Å². The molecule has 0 bridgehead atoms. The van der Waals surface area contributed by atoms with Crippen molar-refractivity contribution in [3.05, 3.63) is 51.9 Å². The van der Waals surface area contributed by atoms with Crippen molar-refractivity contribution in [2.75, 3.05) is 5.32 Å². The average Bonchev–Trinajstić information content (AvgIpc) is 3.36. The summed E-state index contributed by atoms with van der Waals surface area (Å²) < 4.78 is 11.2. The first-order valence-corrected chi connectivity index (χ1v) is 12.3. The molecule has 0 saturated heterocycles. The monoisotopic (exact) mass is 499 g/mol. The summed E-state index contributed by atoms with van der Waals surface area (Å²) in [5.74, 6) is 0.366. The highest BCUT2D eigenvalue weighted by molar-refractivity contribution is 6.33. The molecule has 0 aliphatic heterocycles. The topological polar surface area (TPSA) is 118 Å². The number of nitrogens with zero attached hydrogens (tertiary/aromatic N) is 2. The molecule has 1 aliphatic carbocycles. The number of halogens is 1. The number of carboxylic acids is 1. The van der Waals surface area contributed by atoms with Gasteiger partial charge in [0.05, 0.1) is 16.4 Å². The number of carbonyl (C=O) groups is 2. The molecule has 0 radical (unpaired) electrons. The first kappa shape index (κ1) is 25.0. The molecule has 2 N–H and O–H groups in total. The summed E-state index contributed by atoms with van der Waals surface area (Å²) in [5, 5.41) is 21.1. The molecule has 1 amide bonds. The Balaban J connectivity index is 1.60. The molecular formula is C26H30ClN3O5. The van der Waals surface area contributed by atoms with Crippen molar-refractivity contribution < 1.29 is 23.7 Å². The Morgan fingerprint density at radius 3 is 2.63 bits per heavy atom. The van der Waals surface area contributed by atoms with Gasteiger partial charge in [0.2, 0.25) is 5.91 Å². The van der Waals surface area contributed by atoms with Gasteiger partial charge in [-0.1, -0.05) is 41.8 Å². The number of benzene rings is 1. The fraction of sp³-hybridized carbons (Fsp3) is 0.462. The fourth-order valence-electron chi connectivity index (χ4n) is 4.25. The summed E-state index contributed by atoms with van der Waals surface area (Å²) in [6.07, 6.45) is 2.95. The second-order valence-corrected chi connectivity index (χ2v) is 10.1. The van der Waals surface area contributed by atoms with Crippen LogP contribution in [0.5, 0.6) is 0 Å². The summed E-state index contributed by atoms with van der Waals surface area (Å²) in [6.45, 7) is 6.13. The van der Waals surface area contributed by atoms with E-state index >= 15 is 0 Å². The first-order chi connectivity index (χ1) is 16.7. The Hall–Kier alpha value is -3.13. The number of carboxylic acid groups (broad SMARTS) is 1. The maximum Gasteiger partial charge on any atom is 0.303 e. The summed E-state index contributed by atoms with van der Waals surface area (Å²) in [4.78, 5) is 24.3. The number of anilines is 1. The fourth-order valence-corrected chi connectivity index (χ4v) is 4.54. The molecule has 1 aromatic carbocycles. The molecule has 3 aromatic rings. The van der Waals surface area contributed by atoms with Crippen molar-refractivity contribution >= 4 is 29.2 Å². The Kier molecular flexibility index (Phi) is 7.60. The van der Waals surface area contributed by atoms with E-state index < -0.39 is 11.9 Å². The molecule has 1 fully saturated rings. The number of nitrogens with one attached hydrogen (secondary N) is 1. The Morgan fingerprint density at radius 2 is 1.97 bits per heavy atom. The van der Waals surface area contributed by atoms with E-state index in [2.05, 4.69) is 29.5 Å². The van der Waals surface area contributed by atoms with Crippen LogP contribution in [0.4, 0.5) is 5.69 Å². The maximum atomic E-state index is 13.0. The molecule has 35 heavy (non-hydrogen) atoms. The van der Waals surface area contributed by atoms with E-state index in [0.717, 1.165) is 36.1 Å². The van der Waals surface area contributed by atoms with Crippen LogP contribution in [-0.2, 0) is 16.0 Å². The molecule has 2 heterocycles. The quantitative estimate of drug-likeness (QED) is 0.315. The lowest BCUT2D eigenvalue weighted by atomic mass is 9.90. The highest BCUT2D eigenvalue weighted by Gasteiger charge is 2.37. The van der Waals surface area contributed by atoms with Gasteiger partial charge in [-0.3, -0.25) is 9.59 Å². The van der Waals surface area contributed by atoms with E-state index in [4.69, 9.17) is 20.6 Å². The van der Waals surface area contributed by atoms with Gasteiger partial charge >= 0.3 is 5.97 Å². The highest BCUT2D eigenvalue weighted by atomic mass is 35.5. The predicted molar refractivity (Wildman–Crippen MR) is 132 cm³/mol. The Bertz CT molecular complexity index is 1210.